The Balaban J connectivity index is 1.51. The molecule has 4 nitrogen and oxygen atoms in total. The van der Waals surface area contributed by atoms with Gasteiger partial charge >= 0.3 is 0 Å². The van der Waals surface area contributed by atoms with Crippen molar-refractivity contribution < 1.29 is 9.72 Å². The van der Waals surface area contributed by atoms with E-state index in [0.29, 0.717) is 17.4 Å². The molecule has 0 aliphatic heterocycles. The Kier molecular flexibility index (Phi) is 2.50. The second-order valence-electron chi connectivity index (χ2n) is 6.54. The summed E-state index contributed by atoms with van der Waals surface area (Å²) in [4.78, 5) is 23.1. The Labute approximate surface area is 117 Å². The number of hydrogen-bond acceptors (Lipinski definition) is 3. The van der Waals surface area contributed by atoms with Crippen molar-refractivity contribution in [1.82, 2.24) is 0 Å². The van der Waals surface area contributed by atoms with Crippen molar-refractivity contribution in [3.8, 4) is 0 Å². The van der Waals surface area contributed by atoms with Crippen LogP contribution in [0.25, 0.3) is 0 Å². The first kappa shape index (κ1) is 12.1. The molecule has 4 unspecified atom stereocenters. The molecule has 0 heterocycles. The molecule has 3 saturated carbocycles. The maximum atomic E-state index is 12.5. The molecular weight excluding hydrogens is 254 g/mol. The van der Waals surface area contributed by atoms with Crippen molar-refractivity contribution >= 4 is 11.5 Å². The van der Waals surface area contributed by atoms with Crippen LogP contribution < -0.4 is 0 Å². The topological polar surface area (TPSA) is 60.2 Å². The smallest absolute Gasteiger partial charge is 0.273 e. The summed E-state index contributed by atoms with van der Waals surface area (Å²) in [7, 11) is 0. The number of nitro groups is 1. The summed E-state index contributed by atoms with van der Waals surface area (Å²) in [6.07, 6.45) is 4.14. The highest BCUT2D eigenvalue weighted by molar-refractivity contribution is 5.87. The zero-order valence-electron chi connectivity index (χ0n) is 11.2. The van der Waals surface area contributed by atoms with Crippen LogP contribution in [-0.4, -0.2) is 10.7 Å². The molecule has 0 spiro atoms. The van der Waals surface area contributed by atoms with Gasteiger partial charge in [-0.15, -0.1) is 0 Å². The highest BCUT2D eigenvalue weighted by atomic mass is 16.6. The van der Waals surface area contributed by atoms with Gasteiger partial charge in [-0.25, -0.2) is 0 Å². The van der Waals surface area contributed by atoms with Gasteiger partial charge in [0.25, 0.3) is 5.69 Å². The Morgan fingerprint density at radius 1 is 1.20 bits per heavy atom. The van der Waals surface area contributed by atoms with Gasteiger partial charge in [0.05, 0.1) is 4.92 Å². The highest BCUT2D eigenvalue weighted by Crippen LogP contribution is 2.69. The van der Waals surface area contributed by atoms with Crippen LogP contribution in [0.3, 0.4) is 0 Å². The molecular formula is C16H17NO3. The number of para-hydroxylation sites is 1. The van der Waals surface area contributed by atoms with Crippen molar-refractivity contribution in [1.29, 1.82) is 0 Å². The first-order chi connectivity index (χ1) is 9.66. The summed E-state index contributed by atoms with van der Waals surface area (Å²) >= 11 is 0. The molecule has 4 heteroatoms. The zero-order chi connectivity index (χ0) is 13.9. The number of ketones is 1. The van der Waals surface area contributed by atoms with E-state index in [9.17, 15) is 14.9 Å². The van der Waals surface area contributed by atoms with Gasteiger partial charge in [-0.1, -0.05) is 18.2 Å². The third-order valence-corrected chi connectivity index (χ3v) is 5.66. The Bertz CT molecular complexity index is 581. The number of hydrogen-bond donors (Lipinski definition) is 0. The van der Waals surface area contributed by atoms with E-state index < -0.39 is 0 Å². The van der Waals surface area contributed by atoms with E-state index in [1.54, 1.807) is 18.2 Å². The minimum Gasteiger partial charge on any atom is -0.299 e. The summed E-state index contributed by atoms with van der Waals surface area (Å²) in [5, 5.41) is 11.0. The predicted molar refractivity (Wildman–Crippen MR) is 73.1 cm³/mol. The van der Waals surface area contributed by atoms with Crippen LogP contribution in [0.5, 0.6) is 0 Å². The molecule has 3 aliphatic rings. The van der Waals surface area contributed by atoms with Crippen LogP contribution >= 0.6 is 0 Å². The van der Waals surface area contributed by atoms with Crippen molar-refractivity contribution in [3.05, 3.63) is 39.9 Å². The van der Waals surface area contributed by atoms with E-state index in [4.69, 9.17) is 0 Å². The molecule has 0 radical (unpaired) electrons. The van der Waals surface area contributed by atoms with E-state index >= 15 is 0 Å². The summed E-state index contributed by atoms with van der Waals surface area (Å²) in [5.74, 6) is 3.20. The van der Waals surface area contributed by atoms with E-state index in [2.05, 4.69) is 0 Å². The standard InChI is InChI=1S/C16H17NO3/c18-13(8-9-3-1-2-4-12(9)17(19)20)16-14-10-5-6-11(7-10)15(14)16/h1-4,10-11,14-16H,5-8H2. The molecule has 20 heavy (non-hydrogen) atoms. The number of fused-ring (bicyclic) bond motifs is 5. The average Bonchev–Trinajstić information content (AvgIpc) is 2.88. The maximum absolute atomic E-state index is 12.5. The molecule has 0 saturated heterocycles. The Morgan fingerprint density at radius 2 is 1.85 bits per heavy atom. The van der Waals surface area contributed by atoms with Gasteiger partial charge in [-0.05, 0) is 42.9 Å². The second-order valence-corrected chi connectivity index (χ2v) is 6.54. The van der Waals surface area contributed by atoms with Gasteiger partial charge in [-0.3, -0.25) is 14.9 Å². The molecule has 3 aliphatic carbocycles. The normalized spacial score (nSPS) is 36.7. The third-order valence-electron chi connectivity index (χ3n) is 5.66. The van der Waals surface area contributed by atoms with Crippen LogP contribution in [0.15, 0.2) is 24.3 Å². The SMILES string of the molecule is O=C(Cc1ccccc1[N+](=O)[O-])C1C2C3CCC(C3)C12. The van der Waals surface area contributed by atoms with E-state index in [1.807, 2.05) is 0 Å². The molecule has 2 bridgehead atoms. The fraction of sp³-hybridized carbons (Fsp3) is 0.562. The van der Waals surface area contributed by atoms with Crippen LogP contribution in [0.2, 0.25) is 0 Å². The fourth-order valence-corrected chi connectivity index (χ4v) is 4.90. The average molecular weight is 271 g/mol. The minimum atomic E-state index is -0.389. The van der Waals surface area contributed by atoms with Crippen LogP contribution in [-0.2, 0) is 11.2 Å². The fourth-order valence-electron chi connectivity index (χ4n) is 4.90. The van der Waals surface area contributed by atoms with Gasteiger partial charge in [0, 0.05) is 24.0 Å². The van der Waals surface area contributed by atoms with Crippen LogP contribution in [0.1, 0.15) is 24.8 Å². The van der Waals surface area contributed by atoms with Crippen molar-refractivity contribution in [2.75, 3.05) is 0 Å². The number of carbonyl (C=O) groups is 1. The lowest BCUT2D eigenvalue weighted by Crippen LogP contribution is -2.13. The predicted octanol–water partition coefficient (Wildman–Crippen LogP) is 3.00. The van der Waals surface area contributed by atoms with Gasteiger partial charge < -0.3 is 0 Å². The molecule has 0 N–H and O–H groups in total. The van der Waals surface area contributed by atoms with E-state index in [1.165, 1.54) is 25.3 Å². The van der Waals surface area contributed by atoms with Crippen LogP contribution in [0.4, 0.5) is 5.69 Å². The largest absolute Gasteiger partial charge is 0.299 e. The number of nitro benzene ring substituents is 1. The van der Waals surface area contributed by atoms with Crippen molar-refractivity contribution in [3.63, 3.8) is 0 Å². The second kappa shape index (κ2) is 4.14. The first-order valence-electron chi connectivity index (χ1n) is 7.42. The lowest BCUT2D eigenvalue weighted by molar-refractivity contribution is -0.385. The molecule has 1 aromatic rings. The lowest BCUT2D eigenvalue weighted by atomic mass is 9.96. The number of rotatable bonds is 4. The zero-order valence-corrected chi connectivity index (χ0v) is 11.2. The monoisotopic (exact) mass is 271 g/mol. The van der Waals surface area contributed by atoms with Gasteiger partial charge in [0.1, 0.15) is 5.78 Å². The summed E-state index contributed by atoms with van der Waals surface area (Å²) in [6.45, 7) is 0. The van der Waals surface area contributed by atoms with E-state index in [0.717, 1.165) is 11.8 Å². The minimum absolute atomic E-state index is 0.0784. The Hall–Kier alpha value is -1.71. The number of carbonyl (C=O) groups excluding carboxylic acids is 1. The van der Waals surface area contributed by atoms with Crippen molar-refractivity contribution in [2.45, 2.75) is 25.7 Å². The molecule has 3 fully saturated rings. The maximum Gasteiger partial charge on any atom is 0.273 e. The molecule has 0 amide bonds. The molecule has 0 aromatic heterocycles. The molecule has 4 rings (SSSR count). The van der Waals surface area contributed by atoms with Crippen LogP contribution in [0, 0.1) is 39.7 Å². The summed E-state index contributed by atoms with van der Waals surface area (Å²) in [5.41, 5.74) is 0.648. The Morgan fingerprint density at radius 3 is 2.50 bits per heavy atom. The lowest BCUT2D eigenvalue weighted by Gasteiger charge is -2.08. The quantitative estimate of drug-likeness (QED) is 0.624. The molecule has 1 aromatic carbocycles. The molecule has 4 atom stereocenters. The van der Waals surface area contributed by atoms with E-state index in [-0.39, 0.29) is 28.7 Å². The first-order valence-corrected chi connectivity index (χ1v) is 7.42. The highest BCUT2D eigenvalue weighted by Gasteiger charge is 2.66. The summed E-state index contributed by atoms with van der Waals surface area (Å²) < 4.78 is 0. The third kappa shape index (κ3) is 1.63. The van der Waals surface area contributed by atoms with Crippen molar-refractivity contribution in [2.24, 2.45) is 29.6 Å². The number of benzene rings is 1. The van der Waals surface area contributed by atoms with Gasteiger partial charge in [0.15, 0.2) is 0 Å². The molecule has 104 valence electrons. The number of nitrogens with zero attached hydrogens (tertiary/aromatic N) is 1. The van der Waals surface area contributed by atoms with Gasteiger partial charge in [-0.2, -0.15) is 0 Å². The summed E-state index contributed by atoms with van der Waals surface area (Å²) in [6, 6.07) is 6.62. The number of Topliss-reactive ketones (excluding diaryl/α,β-unsaturated/α-hetero) is 1. The van der Waals surface area contributed by atoms with Gasteiger partial charge in [0.2, 0.25) is 0 Å².